The van der Waals surface area contributed by atoms with Crippen LogP contribution < -0.4 is 14.8 Å². The van der Waals surface area contributed by atoms with Crippen molar-refractivity contribution in [3.63, 3.8) is 0 Å². The Hall–Kier alpha value is -2.99. The molecule has 0 aliphatic carbocycles. The number of rotatable bonds is 7. The molecule has 6 heteroatoms. The highest BCUT2D eigenvalue weighted by Gasteiger charge is 2.37. The van der Waals surface area contributed by atoms with E-state index in [0.29, 0.717) is 19.8 Å². The van der Waals surface area contributed by atoms with Gasteiger partial charge in [0.15, 0.2) is 0 Å². The largest absolute Gasteiger partial charge is 0.497 e. The summed E-state index contributed by atoms with van der Waals surface area (Å²) in [6, 6.07) is 14.1. The normalized spacial score (nSPS) is 15.6. The summed E-state index contributed by atoms with van der Waals surface area (Å²) < 4.78 is 18.6. The van der Waals surface area contributed by atoms with Gasteiger partial charge in [0.1, 0.15) is 18.0 Å². The van der Waals surface area contributed by atoms with Crippen molar-refractivity contribution in [2.75, 3.05) is 34.0 Å². The Labute approximate surface area is 183 Å². The lowest BCUT2D eigenvalue weighted by Crippen LogP contribution is -2.45. The quantitative estimate of drug-likeness (QED) is 0.629. The molecule has 2 heterocycles. The van der Waals surface area contributed by atoms with E-state index in [1.54, 1.807) is 14.2 Å². The first-order valence-electron chi connectivity index (χ1n) is 10.7. The summed E-state index contributed by atoms with van der Waals surface area (Å²) in [7, 11) is 3.35. The number of hydrogen-bond donors (Lipinski definition) is 1. The summed E-state index contributed by atoms with van der Waals surface area (Å²) in [5.41, 5.74) is 3.15. The molecular formula is C25H30N2O4. The number of nitrogens with one attached hydrogen (secondary N) is 1. The summed E-state index contributed by atoms with van der Waals surface area (Å²) in [6.07, 6.45) is 3.64. The van der Waals surface area contributed by atoms with Gasteiger partial charge in [-0.3, -0.25) is 4.79 Å². The molecule has 0 spiro atoms. The standard InChI is InChI=1S/C25H30N2O4/c1-18-4-7-23(30-3)21(14-18)25(9-12-31-13-10-25)17-26-24(28)16-27-11-8-19-15-20(29-2)5-6-22(19)27/h4-8,11,14-15H,9-10,12-13,16-17H2,1-3H3,(H,26,28). The Bertz CT molecular complexity index is 1070. The third kappa shape index (κ3) is 4.39. The summed E-state index contributed by atoms with van der Waals surface area (Å²) in [5.74, 6) is 1.67. The molecule has 1 aliphatic heterocycles. The van der Waals surface area contributed by atoms with Gasteiger partial charge in [-0.2, -0.15) is 0 Å². The lowest BCUT2D eigenvalue weighted by Gasteiger charge is -2.39. The number of fused-ring (bicyclic) bond motifs is 1. The zero-order valence-electron chi connectivity index (χ0n) is 18.4. The molecule has 4 rings (SSSR count). The van der Waals surface area contributed by atoms with Gasteiger partial charge < -0.3 is 24.1 Å². The second-order valence-electron chi connectivity index (χ2n) is 8.24. The van der Waals surface area contributed by atoms with Crippen molar-refractivity contribution in [3.8, 4) is 11.5 Å². The van der Waals surface area contributed by atoms with Crippen LogP contribution in [0.3, 0.4) is 0 Å². The number of nitrogens with zero attached hydrogens (tertiary/aromatic N) is 1. The molecule has 0 unspecified atom stereocenters. The highest BCUT2D eigenvalue weighted by atomic mass is 16.5. The van der Waals surface area contributed by atoms with Crippen LogP contribution in [-0.2, 0) is 21.5 Å². The number of hydrogen-bond acceptors (Lipinski definition) is 4. The first-order valence-corrected chi connectivity index (χ1v) is 10.7. The van der Waals surface area contributed by atoms with Gasteiger partial charge in [0.05, 0.1) is 14.2 Å². The van der Waals surface area contributed by atoms with Gasteiger partial charge in [0.25, 0.3) is 0 Å². The third-order valence-corrected chi connectivity index (χ3v) is 6.29. The molecule has 0 saturated carbocycles. The van der Waals surface area contributed by atoms with Crippen LogP contribution in [-0.4, -0.2) is 44.5 Å². The lowest BCUT2D eigenvalue weighted by molar-refractivity contribution is -0.122. The van der Waals surface area contributed by atoms with Crippen molar-refractivity contribution in [3.05, 3.63) is 59.8 Å². The minimum atomic E-state index is -0.197. The first kappa shape index (κ1) is 21.2. The molecule has 1 saturated heterocycles. The van der Waals surface area contributed by atoms with E-state index in [4.69, 9.17) is 14.2 Å². The van der Waals surface area contributed by atoms with E-state index in [1.807, 2.05) is 41.1 Å². The first-order chi connectivity index (χ1) is 15.0. The Morgan fingerprint density at radius 1 is 1.10 bits per heavy atom. The van der Waals surface area contributed by atoms with Gasteiger partial charge in [-0.1, -0.05) is 17.7 Å². The predicted octanol–water partition coefficient (Wildman–Crippen LogP) is 3.83. The zero-order chi connectivity index (χ0) is 21.8. The molecule has 1 fully saturated rings. The number of aromatic nitrogens is 1. The number of ether oxygens (including phenoxy) is 3. The predicted molar refractivity (Wildman–Crippen MR) is 121 cm³/mol. The average molecular weight is 423 g/mol. The van der Waals surface area contributed by atoms with Crippen molar-refractivity contribution in [1.29, 1.82) is 0 Å². The monoisotopic (exact) mass is 422 g/mol. The lowest BCUT2D eigenvalue weighted by atomic mass is 9.73. The van der Waals surface area contributed by atoms with Crippen molar-refractivity contribution >= 4 is 16.8 Å². The Balaban J connectivity index is 1.52. The number of carbonyl (C=O) groups is 1. The average Bonchev–Trinajstić information content (AvgIpc) is 3.20. The molecule has 31 heavy (non-hydrogen) atoms. The maximum atomic E-state index is 12.9. The van der Waals surface area contributed by atoms with E-state index in [1.165, 1.54) is 5.56 Å². The minimum Gasteiger partial charge on any atom is -0.497 e. The van der Waals surface area contributed by atoms with E-state index in [2.05, 4.69) is 24.4 Å². The summed E-state index contributed by atoms with van der Waals surface area (Å²) in [6.45, 7) is 4.27. The fraction of sp³-hybridized carbons (Fsp3) is 0.400. The van der Waals surface area contributed by atoms with Crippen LogP contribution in [0.5, 0.6) is 11.5 Å². The van der Waals surface area contributed by atoms with Crippen LogP contribution in [0.2, 0.25) is 0 Å². The summed E-state index contributed by atoms with van der Waals surface area (Å²) in [4.78, 5) is 12.9. The minimum absolute atomic E-state index is 0.00851. The molecule has 0 radical (unpaired) electrons. The second kappa shape index (κ2) is 9.02. The van der Waals surface area contributed by atoms with Crippen LogP contribution in [0.1, 0.15) is 24.0 Å². The Morgan fingerprint density at radius 2 is 1.90 bits per heavy atom. The highest BCUT2D eigenvalue weighted by Crippen LogP contribution is 2.40. The molecule has 164 valence electrons. The van der Waals surface area contributed by atoms with E-state index >= 15 is 0 Å². The molecule has 1 aromatic heterocycles. The van der Waals surface area contributed by atoms with Crippen molar-refractivity contribution in [1.82, 2.24) is 9.88 Å². The molecular weight excluding hydrogens is 392 g/mol. The molecule has 1 amide bonds. The maximum Gasteiger partial charge on any atom is 0.239 e. The fourth-order valence-electron chi connectivity index (χ4n) is 4.46. The molecule has 1 N–H and O–H groups in total. The summed E-state index contributed by atoms with van der Waals surface area (Å²) in [5, 5.41) is 4.25. The highest BCUT2D eigenvalue weighted by molar-refractivity contribution is 5.84. The van der Waals surface area contributed by atoms with Gasteiger partial charge in [-0.15, -0.1) is 0 Å². The molecule has 0 atom stereocenters. The van der Waals surface area contributed by atoms with E-state index in [0.717, 1.165) is 40.8 Å². The zero-order valence-corrected chi connectivity index (χ0v) is 18.4. The second-order valence-corrected chi connectivity index (χ2v) is 8.24. The molecule has 1 aliphatic rings. The van der Waals surface area contributed by atoms with Crippen LogP contribution >= 0.6 is 0 Å². The van der Waals surface area contributed by atoms with Crippen LogP contribution in [0, 0.1) is 6.92 Å². The maximum absolute atomic E-state index is 12.9. The Morgan fingerprint density at radius 3 is 2.65 bits per heavy atom. The van der Waals surface area contributed by atoms with E-state index < -0.39 is 0 Å². The van der Waals surface area contributed by atoms with Crippen molar-refractivity contribution < 1.29 is 19.0 Å². The van der Waals surface area contributed by atoms with Gasteiger partial charge in [0, 0.05) is 47.8 Å². The van der Waals surface area contributed by atoms with Gasteiger partial charge in [-0.25, -0.2) is 0 Å². The fourth-order valence-corrected chi connectivity index (χ4v) is 4.46. The molecule has 3 aromatic rings. The molecule has 6 nitrogen and oxygen atoms in total. The van der Waals surface area contributed by atoms with E-state index in [9.17, 15) is 4.79 Å². The Kier molecular flexibility index (Phi) is 6.18. The SMILES string of the molecule is COc1ccc2c(ccn2CC(=O)NCC2(c3cc(C)ccc3OC)CCOCC2)c1. The van der Waals surface area contributed by atoms with Crippen LogP contribution in [0.25, 0.3) is 10.9 Å². The van der Waals surface area contributed by atoms with Crippen molar-refractivity contribution in [2.45, 2.75) is 31.7 Å². The van der Waals surface area contributed by atoms with Crippen molar-refractivity contribution in [2.24, 2.45) is 0 Å². The molecule has 0 bridgehead atoms. The summed E-state index contributed by atoms with van der Waals surface area (Å²) >= 11 is 0. The number of methoxy groups -OCH3 is 2. The smallest absolute Gasteiger partial charge is 0.239 e. The topological polar surface area (TPSA) is 61.7 Å². The number of aryl methyl sites for hydroxylation is 1. The van der Waals surface area contributed by atoms with E-state index in [-0.39, 0.29) is 17.9 Å². The van der Waals surface area contributed by atoms with Crippen LogP contribution in [0.4, 0.5) is 0 Å². The number of benzene rings is 2. The van der Waals surface area contributed by atoms with Crippen LogP contribution in [0.15, 0.2) is 48.7 Å². The number of carbonyl (C=O) groups excluding carboxylic acids is 1. The van der Waals surface area contributed by atoms with Gasteiger partial charge in [-0.05, 0) is 50.1 Å². The van der Waals surface area contributed by atoms with Gasteiger partial charge >= 0.3 is 0 Å². The third-order valence-electron chi connectivity index (χ3n) is 6.29. The number of amides is 1. The molecule has 2 aromatic carbocycles. The van der Waals surface area contributed by atoms with Gasteiger partial charge in [0.2, 0.25) is 5.91 Å².